The molecule has 0 heterocycles. The van der Waals surface area contributed by atoms with Gasteiger partial charge in [0.1, 0.15) is 0 Å². The Morgan fingerprint density at radius 2 is 1.76 bits per heavy atom. The Labute approximate surface area is 152 Å². The van der Waals surface area contributed by atoms with Crippen molar-refractivity contribution in [1.82, 2.24) is 0 Å². The third-order valence-electron chi connectivity index (χ3n) is 4.73. The first-order valence-electron chi connectivity index (χ1n) is 9.27. The molecule has 25 heavy (non-hydrogen) atoms. The third kappa shape index (κ3) is 7.94. The highest BCUT2D eigenvalue weighted by Crippen LogP contribution is 2.33. The van der Waals surface area contributed by atoms with Gasteiger partial charge in [-0.05, 0) is 70.1 Å². The van der Waals surface area contributed by atoms with Gasteiger partial charge in [-0.25, -0.2) is 8.78 Å². The lowest BCUT2D eigenvalue weighted by Gasteiger charge is -2.24. The highest BCUT2D eigenvalue weighted by molar-refractivity contribution is 5.83. The molecular weight excluding hydrogens is 316 g/mol. The van der Waals surface area contributed by atoms with Crippen molar-refractivity contribution < 1.29 is 8.78 Å². The van der Waals surface area contributed by atoms with Crippen LogP contribution in [0.2, 0.25) is 0 Å². The van der Waals surface area contributed by atoms with Gasteiger partial charge in [-0.1, -0.05) is 44.1 Å². The molecule has 0 radical (unpaired) electrons. The molecule has 0 aromatic rings. The van der Waals surface area contributed by atoms with Crippen LogP contribution in [0.5, 0.6) is 0 Å². The molecule has 1 rings (SSSR count). The zero-order chi connectivity index (χ0) is 19.0. The Morgan fingerprint density at radius 3 is 2.24 bits per heavy atom. The lowest BCUT2D eigenvalue weighted by atomic mass is 9.81. The fourth-order valence-electron chi connectivity index (χ4n) is 3.07. The molecule has 0 atom stereocenters. The van der Waals surface area contributed by atoms with Crippen LogP contribution < -0.4 is 0 Å². The molecule has 1 nitrogen and oxygen atoms in total. The van der Waals surface area contributed by atoms with Crippen LogP contribution in [-0.2, 0) is 0 Å². The number of alkyl halides is 2. The van der Waals surface area contributed by atoms with Crippen molar-refractivity contribution in [3.05, 3.63) is 47.7 Å². The first-order chi connectivity index (χ1) is 11.6. The lowest BCUT2D eigenvalue weighted by Crippen LogP contribution is -2.11. The van der Waals surface area contributed by atoms with E-state index in [0.29, 0.717) is 12.3 Å². The van der Waals surface area contributed by atoms with E-state index < -0.39 is 5.92 Å². The van der Waals surface area contributed by atoms with Crippen LogP contribution in [0.4, 0.5) is 8.78 Å². The molecule has 0 bridgehead atoms. The van der Waals surface area contributed by atoms with Crippen molar-refractivity contribution in [1.29, 1.82) is 0 Å². The van der Waals surface area contributed by atoms with Gasteiger partial charge in [-0.3, -0.25) is 4.99 Å². The van der Waals surface area contributed by atoms with E-state index in [4.69, 9.17) is 0 Å². The summed E-state index contributed by atoms with van der Waals surface area (Å²) in [5, 5.41) is 0. The number of nitrogens with zero attached hydrogens (tertiary/aromatic N) is 1. The summed E-state index contributed by atoms with van der Waals surface area (Å²) in [4.78, 5) is 4.59. The Hall–Kier alpha value is -1.51. The molecule has 0 unspecified atom stereocenters. The van der Waals surface area contributed by atoms with Gasteiger partial charge >= 0.3 is 0 Å². The molecular formula is C22H33F2N. The molecule has 1 aliphatic rings. The van der Waals surface area contributed by atoms with Gasteiger partial charge in [0.05, 0.1) is 5.70 Å². The molecule has 0 aromatic heterocycles. The predicted octanol–water partition coefficient (Wildman–Crippen LogP) is 7.43. The highest BCUT2D eigenvalue weighted by atomic mass is 19.3. The SMILES string of the molecule is C=C/C(=C\C(N=C(C)CCC(C)(F)F)=C(C)C)C(=C)C1CCCCC1. The molecule has 3 heteroatoms. The Morgan fingerprint density at radius 1 is 1.16 bits per heavy atom. The molecule has 0 amide bonds. The highest BCUT2D eigenvalue weighted by Gasteiger charge is 2.21. The second-order valence-corrected chi connectivity index (χ2v) is 7.47. The van der Waals surface area contributed by atoms with Crippen molar-refractivity contribution in [2.24, 2.45) is 10.9 Å². The van der Waals surface area contributed by atoms with Gasteiger partial charge in [0.15, 0.2) is 0 Å². The molecule has 0 aromatic carbocycles. The number of aliphatic imine (C=N–C) groups is 1. The minimum Gasteiger partial charge on any atom is -0.258 e. The predicted molar refractivity (Wildman–Crippen MR) is 105 cm³/mol. The summed E-state index contributed by atoms with van der Waals surface area (Å²) < 4.78 is 26.1. The van der Waals surface area contributed by atoms with E-state index in [1.165, 1.54) is 32.1 Å². The van der Waals surface area contributed by atoms with Crippen LogP contribution in [0.15, 0.2) is 52.7 Å². The summed E-state index contributed by atoms with van der Waals surface area (Å²) in [6.45, 7) is 15.0. The summed E-state index contributed by atoms with van der Waals surface area (Å²) >= 11 is 0. The zero-order valence-corrected chi connectivity index (χ0v) is 16.3. The van der Waals surface area contributed by atoms with Gasteiger partial charge < -0.3 is 0 Å². The number of rotatable bonds is 8. The molecule has 1 fully saturated rings. The lowest BCUT2D eigenvalue weighted by molar-refractivity contribution is 0.0150. The van der Waals surface area contributed by atoms with Crippen LogP contribution in [0.3, 0.4) is 0 Å². The number of halogens is 2. The smallest absolute Gasteiger partial charge is 0.245 e. The van der Waals surface area contributed by atoms with Crippen molar-refractivity contribution in [3.63, 3.8) is 0 Å². The number of hydrogen-bond acceptors (Lipinski definition) is 1. The first-order valence-corrected chi connectivity index (χ1v) is 9.27. The average Bonchev–Trinajstić information content (AvgIpc) is 2.56. The molecule has 0 aliphatic heterocycles. The Balaban J connectivity index is 2.96. The molecule has 1 aliphatic carbocycles. The summed E-state index contributed by atoms with van der Waals surface area (Å²) in [6.07, 6.45) is 10.1. The fourth-order valence-corrected chi connectivity index (χ4v) is 3.07. The van der Waals surface area contributed by atoms with E-state index in [2.05, 4.69) is 18.2 Å². The Kier molecular flexibility index (Phi) is 8.47. The monoisotopic (exact) mass is 349 g/mol. The van der Waals surface area contributed by atoms with Crippen molar-refractivity contribution in [2.75, 3.05) is 0 Å². The van der Waals surface area contributed by atoms with E-state index in [-0.39, 0.29) is 6.42 Å². The van der Waals surface area contributed by atoms with E-state index in [1.54, 1.807) is 0 Å². The van der Waals surface area contributed by atoms with Gasteiger partial charge in [-0.15, -0.1) is 0 Å². The third-order valence-corrected chi connectivity index (χ3v) is 4.73. The number of hydrogen-bond donors (Lipinski definition) is 0. The largest absolute Gasteiger partial charge is 0.258 e. The minimum atomic E-state index is -2.65. The molecule has 0 spiro atoms. The van der Waals surface area contributed by atoms with Crippen molar-refractivity contribution in [3.8, 4) is 0 Å². The normalized spacial score (nSPS) is 17.4. The van der Waals surface area contributed by atoms with E-state index in [9.17, 15) is 8.78 Å². The zero-order valence-electron chi connectivity index (χ0n) is 16.3. The van der Waals surface area contributed by atoms with Crippen molar-refractivity contribution >= 4 is 5.71 Å². The summed E-state index contributed by atoms with van der Waals surface area (Å²) in [5.74, 6) is -2.14. The van der Waals surface area contributed by atoms with E-state index in [1.807, 2.05) is 32.9 Å². The average molecular weight is 350 g/mol. The van der Waals surface area contributed by atoms with Gasteiger partial charge in [0, 0.05) is 12.1 Å². The maximum Gasteiger partial charge on any atom is 0.245 e. The molecule has 0 N–H and O–H groups in total. The minimum absolute atomic E-state index is 0.175. The van der Waals surface area contributed by atoms with E-state index in [0.717, 1.165) is 35.1 Å². The summed E-state index contributed by atoms with van der Waals surface area (Å²) in [5.41, 5.74) is 4.74. The first kappa shape index (κ1) is 21.5. The fraction of sp³-hybridized carbons (Fsp3) is 0.591. The molecule has 140 valence electrons. The van der Waals surface area contributed by atoms with Crippen molar-refractivity contribution in [2.45, 2.75) is 78.6 Å². The van der Waals surface area contributed by atoms with Crippen LogP contribution in [-0.4, -0.2) is 11.6 Å². The second kappa shape index (κ2) is 9.84. The topological polar surface area (TPSA) is 12.4 Å². The van der Waals surface area contributed by atoms with Gasteiger partial charge in [0.25, 0.3) is 0 Å². The molecule has 1 saturated carbocycles. The maximum atomic E-state index is 13.1. The Bertz CT molecular complexity index is 563. The summed E-state index contributed by atoms with van der Waals surface area (Å²) in [6, 6.07) is 0. The van der Waals surface area contributed by atoms with Gasteiger partial charge in [0.2, 0.25) is 5.92 Å². The van der Waals surface area contributed by atoms with Crippen LogP contribution >= 0.6 is 0 Å². The van der Waals surface area contributed by atoms with Crippen LogP contribution in [0.1, 0.15) is 72.6 Å². The standard InChI is InChI=1S/C22H33F2N/c1-7-19(18(5)20-11-9-8-10-12-20)15-21(16(2)3)25-17(4)13-14-22(6,23)24/h7,15,20H,1,5,8-14H2,2-4,6H3/b19-15+,25-17?. The number of allylic oxidation sites excluding steroid dienone is 5. The van der Waals surface area contributed by atoms with Gasteiger partial charge in [-0.2, -0.15) is 0 Å². The summed E-state index contributed by atoms with van der Waals surface area (Å²) in [7, 11) is 0. The van der Waals surface area contributed by atoms with Crippen LogP contribution in [0, 0.1) is 5.92 Å². The quantitative estimate of drug-likeness (QED) is 0.319. The molecule has 0 saturated heterocycles. The van der Waals surface area contributed by atoms with E-state index >= 15 is 0 Å². The maximum absolute atomic E-state index is 13.1. The van der Waals surface area contributed by atoms with Crippen LogP contribution in [0.25, 0.3) is 0 Å². The second-order valence-electron chi connectivity index (χ2n) is 7.47.